The minimum absolute atomic E-state index is 0.00204. The van der Waals surface area contributed by atoms with Gasteiger partial charge in [-0.3, -0.25) is 4.79 Å². The Morgan fingerprint density at radius 1 is 1.39 bits per heavy atom. The second kappa shape index (κ2) is 7.25. The molecule has 1 amide bonds. The Balaban J connectivity index is 1.55. The number of hydrogen-bond donors (Lipinski definition) is 1. The van der Waals surface area contributed by atoms with Crippen LogP contribution < -0.4 is 10.2 Å². The van der Waals surface area contributed by atoms with Gasteiger partial charge in [0.15, 0.2) is 5.13 Å². The van der Waals surface area contributed by atoms with Gasteiger partial charge in [0.1, 0.15) is 11.3 Å². The van der Waals surface area contributed by atoms with Crippen molar-refractivity contribution >= 4 is 32.6 Å². The van der Waals surface area contributed by atoms with E-state index in [1.165, 1.54) is 49.5 Å². The van der Waals surface area contributed by atoms with Gasteiger partial charge in [-0.15, -0.1) is 0 Å². The zero-order chi connectivity index (χ0) is 16.2. The molecule has 0 radical (unpaired) electrons. The summed E-state index contributed by atoms with van der Waals surface area (Å²) in [5.74, 6) is 0.299. The molecule has 0 unspecified atom stereocenters. The number of rotatable bonds is 5. The molecule has 1 heterocycles. The molecule has 6 heteroatoms. The molecule has 1 saturated carbocycles. The van der Waals surface area contributed by atoms with Crippen LogP contribution in [0.3, 0.4) is 0 Å². The second-order valence-electron chi connectivity index (χ2n) is 6.25. The van der Waals surface area contributed by atoms with Gasteiger partial charge in [-0.1, -0.05) is 36.7 Å². The molecule has 1 aliphatic rings. The summed E-state index contributed by atoms with van der Waals surface area (Å²) >= 11 is 1.40. The van der Waals surface area contributed by atoms with Crippen molar-refractivity contribution in [2.45, 2.75) is 32.1 Å². The van der Waals surface area contributed by atoms with Crippen LogP contribution in [0.4, 0.5) is 9.52 Å². The van der Waals surface area contributed by atoms with Crippen molar-refractivity contribution in [3.8, 4) is 0 Å². The molecule has 1 fully saturated rings. The average Bonchev–Trinajstić information content (AvgIpc) is 3.00. The number of hydrogen-bond acceptors (Lipinski definition) is 4. The van der Waals surface area contributed by atoms with Gasteiger partial charge in [0.25, 0.3) is 0 Å². The number of likely N-dealkylation sites (N-methyl/N-ethyl adjacent to an activating group) is 1. The normalized spacial score (nSPS) is 15.7. The highest BCUT2D eigenvalue weighted by Crippen LogP contribution is 2.29. The number of carbonyl (C=O) groups is 1. The Morgan fingerprint density at radius 3 is 2.91 bits per heavy atom. The predicted octanol–water partition coefficient (Wildman–Crippen LogP) is 3.57. The number of anilines is 1. The van der Waals surface area contributed by atoms with Crippen molar-refractivity contribution in [2.24, 2.45) is 5.92 Å². The number of halogens is 1. The third kappa shape index (κ3) is 3.99. The van der Waals surface area contributed by atoms with E-state index in [1.54, 1.807) is 11.0 Å². The van der Waals surface area contributed by atoms with Gasteiger partial charge < -0.3 is 10.2 Å². The fourth-order valence-electron chi connectivity index (χ4n) is 3.05. The van der Waals surface area contributed by atoms with Crippen molar-refractivity contribution < 1.29 is 9.18 Å². The molecule has 23 heavy (non-hydrogen) atoms. The Bertz CT molecular complexity index is 682. The highest BCUT2D eigenvalue weighted by atomic mass is 32.1. The summed E-state index contributed by atoms with van der Waals surface area (Å²) in [5.41, 5.74) is 0.377. The van der Waals surface area contributed by atoms with Crippen LogP contribution >= 0.6 is 11.3 Å². The molecular weight excluding hydrogens is 313 g/mol. The number of nitrogens with one attached hydrogen (secondary N) is 1. The molecule has 1 N–H and O–H groups in total. The van der Waals surface area contributed by atoms with E-state index >= 15 is 0 Å². The summed E-state index contributed by atoms with van der Waals surface area (Å²) in [7, 11) is 1.82. The van der Waals surface area contributed by atoms with Gasteiger partial charge in [0.05, 0.1) is 11.2 Å². The third-order valence-electron chi connectivity index (χ3n) is 4.38. The topological polar surface area (TPSA) is 45.2 Å². The molecule has 124 valence electrons. The van der Waals surface area contributed by atoms with Crippen molar-refractivity contribution in [1.82, 2.24) is 10.3 Å². The molecule has 0 spiro atoms. The Labute approximate surface area is 139 Å². The molecule has 0 bridgehead atoms. The van der Waals surface area contributed by atoms with Gasteiger partial charge in [0, 0.05) is 13.6 Å². The summed E-state index contributed by atoms with van der Waals surface area (Å²) in [6.07, 6.45) is 6.30. The van der Waals surface area contributed by atoms with E-state index in [-0.39, 0.29) is 18.3 Å². The first-order valence-electron chi connectivity index (χ1n) is 8.16. The second-order valence-corrected chi connectivity index (χ2v) is 7.26. The van der Waals surface area contributed by atoms with Crippen molar-refractivity contribution in [3.05, 3.63) is 24.0 Å². The molecule has 4 nitrogen and oxygen atoms in total. The fraction of sp³-hybridized carbons (Fsp3) is 0.529. The lowest BCUT2D eigenvalue weighted by molar-refractivity contribution is -0.119. The fourth-order valence-corrected chi connectivity index (χ4v) is 4.00. The number of aromatic nitrogens is 1. The molecule has 0 aliphatic heterocycles. The van der Waals surface area contributed by atoms with E-state index in [1.807, 2.05) is 13.1 Å². The van der Waals surface area contributed by atoms with Crippen LogP contribution in [0.2, 0.25) is 0 Å². The minimum atomic E-state index is -0.319. The van der Waals surface area contributed by atoms with Crippen LogP contribution in [-0.4, -0.2) is 31.0 Å². The number of para-hydroxylation sites is 1. The maximum atomic E-state index is 13.7. The quantitative estimate of drug-likeness (QED) is 0.908. The van der Waals surface area contributed by atoms with Crippen LogP contribution in [0.5, 0.6) is 0 Å². The Kier molecular flexibility index (Phi) is 5.10. The smallest absolute Gasteiger partial charge is 0.239 e. The number of fused-ring (bicyclic) bond motifs is 1. The zero-order valence-corrected chi connectivity index (χ0v) is 14.2. The molecule has 1 aromatic heterocycles. The summed E-state index contributed by atoms with van der Waals surface area (Å²) in [5, 5.41) is 3.69. The molecule has 1 aliphatic carbocycles. The maximum absolute atomic E-state index is 13.7. The van der Waals surface area contributed by atoms with E-state index in [4.69, 9.17) is 0 Å². The van der Waals surface area contributed by atoms with Crippen LogP contribution in [0.15, 0.2) is 18.2 Å². The van der Waals surface area contributed by atoms with Gasteiger partial charge in [-0.25, -0.2) is 9.37 Å². The van der Waals surface area contributed by atoms with E-state index in [2.05, 4.69) is 10.3 Å². The van der Waals surface area contributed by atoms with E-state index in [0.29, 0.717) is 16.6 Å². The van der Waals surface area contributed by atoms with Crippen LogP contribution in [-0.2, 0) is 4.79 Å². The number of nitrogens with zero attached hydrogens (tertiary/aromatic N) is 2. The molecule has 1 aromatic carbocycles. The maximum Gasteiger partial charge on any atom is 0.239 e. The number of amides is 1. The van der Waals surface area contributed by atoms with Gasteiger partial charge in [-0.05, 0) is 30.9 Å². The molecule has 3 rings (SSSR count). The first kappa shape index (κ1) is 16.2. The molecule has 0 atom stereocenters. The number of benzene rings is 1. The SMILES string of the molecule is CN(CC(=O)NCC1CCCCC1)c1nc2c(F)cccc2s1. The first-order chi connectivity index (χ1) is 11.1. The predicted molar refractivity (Wildman–Crippen MR) is 92.4 cm³/mol. The van der Waals surface area contributed by atoms with Crippen molar-refractivity contribution in [3.63, 3.8) is 0 Å². The average molecular weight is 335 g/mol. The lowest BCUT2D eigenvalue weighted by Gasteiger charge is -2.22. The zero-order valence-electron chi connectivity index (χ0n) is 13.3. The largest absolute Gasteiger partial charge is 0.354 e. The monoisotopic (exact) mass is 335 g/mol. The summed E-state index contributed by atoms with van der Waals surface area (Å²) < 4.78 is 14.5. The molecule has 0 saturated heterocycles. The lowest BCUT2D eigenvalue weighted by Crippen LogP contribution is -2.37. The van der Waals surface area contributed by atoms with Crippen LogP contribution in [0.25, 0.3) is 10.2 Å². The lowest BCUT2D eigenvalue weighted by atomic mass is 9.89. The highest BCUT2D eigenvalue weighted by molar-refractivity contribution is 7.22. The van der Waals surface area contributed by atoms with Crippen LogP contribution in [0, 0.1) is 11.7 Å². The van der Waals surface area contributed by atoms with E-state index < -0.39 is 0 Å². The minimum Gasteiger partial charge on any atom is -0.354 e. The summed E-state index contributed by atoms with van der Waals surface area (Å²) in [6, 6.07) is 4.93. The first-order valence-corrected chi connectivity index (χ1v) is 8.98. The highest BCUT2D eigenvalue weighted by Gasteiger charge is 2.16. The van der Waals surface area contributed by atoms with Crippen LogP contribution in [0.1, 0.15) is 32.1 Å². The standard InChI is InChI=1S/C17H22FN3OS/c1-21(11-15(22)19-10-12-6-3-2-4-7-12)17-20-16-13(18)8-5-9-14(16)23-17/h5,8-9,12H,2-4,6-7,10-11H2,1H3,(H,19,22). The Hall–Kier alpha value is -1.69. The van der Waals surface area contributed by atoms with Gasteiger partial charge >= 0.3 is 0 Å². The van der Waals surface area contributed by atoms with Gasteiger partial charge in [0.2, 0.25) is 5.91 Å². The third-order valence-corrected chi connectivity index (χ3v) is 5.51. The van der Waals surface area contributed by atoms with Crippen molar-refractivity contribution in [2.75, 3.05) is 25.0 Å². The summed E-state index contributed by atoms with van der Waals surface area (Å²) in [4.78, 5) is 18.2. The van der Waals surface area contributed by atoms with Crippen molar-refractivity contribution in [1.29, 1.82) is 0 Å². The summed E-state index contributed by atoms with van der Waals surface area (Å²) in [6.45, 7) is 1.01. The Morgan fingerprint density at radius 2 is 2.17 bits per heavy atom. The number of carbonyl (C=O) groups excluding carboxylic acids is 1. The molecular formula is C17H22FN3OS. The van der Waals surface area contributed by atoms with E-state index in [9.17, 15) is 9.18 Å². The molecule has 2 aromatic rings. The van der Waals surface area contributed by atoms with E-state index in [0.717, 1.165) is 11.2 Å². The van der Waals surface area contributed by atoms with Gasteiger partial charge in [-0.2, -0.15) is 0 Å². The number of thiazole rings is 1.